The van der Waals surface area contributed by atoms with Crippen LogP contribution in [0.25, 0.3) is 0 Å². The second kappa shape index (κ2) is 15.8. The first-order valence-corrected chi connectivity index (χ1v) is 16.5. The molecule has 2 fully saturated rings. The van der Waals surface area contributed by atoms with Crippen LogP contribution in [0.3, 0.4) is 0 Å². The van der Waals surface area contributed by atoms with Gasteiger partial charge in [-0.15, -0.1) is 0 Å². The molecule has 1 aliphatic heterocycles. The Bertz CT molecular complexity index is 1520. The van der Waals surface area contributed by atoms with Crippen molar-refractivity contribution in [3.05, 3.63) is 59.2 Å². The second-order valence-corrected chi connectivity index (χ2v) is 12.8. The molecule has 3 N–H and O–H groups in total. The zero-order valence-corrected chi connectivity index (χ0v) is 27.8. The number of anilines is 1. The molecule has 1 aromatic heterocycles. The molecule has 2 heterocycles. The molecule has 48 heavy (non-hydrogen) atoms. The number of aromatic nitrogens is 2. The van der Waals surface area contributed by atoms with Gasteiger partial charge in [-0.3, -0.25) is 23.9 Å². The van der Waals surface area contributed by atoms with E-state index >= 15 is 4.39 Å². The van der Waals surface area contributed by atoms with Gasteiger partial charge in [0, 0.05) is 38.2 Å². The molecule has 1 aromatic carbocycles. The lowest BCUT2D eigenvalue weighted by molar-refractivity contribution is -0.137. The maximum absolute atomic E-state index is 15.6. The van der Waals surface area contributed by atoms with Crippen molar-refractivity contribution >= 4 is 29.3 Å². The number of nitrogens with one attached hydrogen (secondary N) is 3. The minimum atomic E-state index is -1.74. The van der Waals surface area contributed by atoms with Crippen LogP contribution in [0, 0.1) is 11.7 Å². The molecular formula is C34H44F4N6O4. The average Bonchev–Trinajstić information content (AvgIpc) is 3.56. The zero-order chi connectivity index (χ0) is 35.2. The maximum Gasteiger partial charge on any atom is 0.270 e. The van der Waals surface area contributed by atoms with E-state index in [2.05, 4.69) is 21.0 Å². The van der Waals surface area contributed by atoms with Gasteiger partial charge in [0.15, 0.2) is 0 Å². The molecule has 14 heteroatoms. The number of alkyl halides is 1. The number of aryl methyl sites for hydroxylation is 1. The van der Waals surface area contributed by atoms with Crippen LogP contribution in [-0.2, 0) is 20.9 Å². The van der Waals surface area contributed by atoms with Gasteiger partial charge < -0.3 is 20.9 Å². The number of hydrogen-bond donors (Lipinski definition) is 3. The Morgan fingerprint density at radius 1 is 1.04 bits per heavy atom. The Morgan fingerprint density at radius 3 is 2.29 bits per heavy atom. The zero-order valence-electron chi connectivity index (χ0n) is 27.8. The molecule has 2 aromatic rings. The van der Waals surface area contributed by atoms with Gasteiger partial charge in [0.05, 0.1) is 5.69 Å². The number of rotatable bonds is 11. The van der Waals surface area contributed by atoms with Gasteiger partial charge in [-0.25, -0.2) is 8.78 Å². The van der Waals surface area contributed by atoms with Crippen LogP contribution < -0.4 is 16.0 Å². The molecular weight excluding hydrogens is 632 g/mol. The van der Waals surface area contributed by atoms with E-state index in [0.717, 1.165) is 6.07 Å². The molecule has 4 rings (SSSR count). The maximum atomic E-state index is 15.6. The van der Waals surface area contributed by atoms with Crippen molar-refractivity contribution in [3.8, 4) is 0 Å². The fourth-order valence-corrected chi connectivity index (χ4v) is 6.34. The Hall–Kier alpha value is -4.23. The van der Waals surface area contributed by atoms with Crippen molar-refractivity contribution in [2.45, 2.75) is 103 Å². The van der Waals surface area contributed by atoms with Gasteiger partial charge in [-0.2, -0.15) is 13.9 Å². The average molecular weight is 677 g/mol. The van der Waals surface area contributed by atoms with Crippen molar-refractivity contribution < 1.29 is 36.7 Å². The molecule has 1 saturated heterocycles. The second-order valence-electron chi connectivity index (χ2n) is 12.8. The Balaban J connectivity index is 1.52. The van der Waals surface area contributed by atoms with Crippen LogP contribution in [0.1, 0.15) is 94.6 Å². The van der Waals surface area contributed by atoms with E-state index in [1.165, 1.54) is 40.9 Å². The molecule has 4 amide bonds. The van der Waals surface area contributed by atoms with E-state index in [0.29, 0.717) is 24.9 Å². The highest BCUT2D eigenvalue weighted by molar-refractivity contribution is 6.00. The van der Waals surface area contributed by atoms with Gasteiger partial charge in [0.25, 0.3) is 12.0 Å². The summed E-state index contributed by atoms with van der Waals surface area (Å²) in [5.74, 6) is -3.97. The first kappa shape index (κ1) is 36.6. The van der Waals surface area contributed by atoms with Crippen LogP contribution in [0.5, 0.6) is 0 Å². The lowest BCUT2D eigenvalue weighted by Gasteiger charge is -2.35. The van der Waals surface area contributed by atoms with E-state index in [-0.39, 0.29) is 62.1 Å². The molecule has 0 spiro atoms. The summed E-state index contributed by atoms with van der Waals surface area (Å²) in [4.78, 5) is 54.1. The highest BCUT2D eigenvalue weighted by Crippen LogP contribution is 2.37. The first-order chi connectivity index (χ1) is 22.7. The first-order valence-electron chi connectivity index (χ1n) is 16.5. The molecule has 1 aliphatic carbocycles. The molecule has 0 unspecified atom stereocenters. The number of carbonyl (C=O) groups is 4. The fourth-order valence-electron chi connectivity index (χ4n) is 6.34. The van der Waals surface area contributed by atoms with Crippen LogP contribution in [0.2, 0.25) is 0 Å². The van der Waals surface area contributed by atoms with Crippen LogP contribution in [0.15, 0.2) is 42.1 Å². The number of likely N-dealkylation sites (tertiary alicyclic amines) is 1. The SMILES string of the molecule is CCC(=O)N[C@@H](C(=O)N1CCC(=C(F)F)CC1)[C@@H](C)c1ccc(NC(=O)[C@@H](NC(=O)c2ccnn2CC)C2CCC(C)(F)CC2)c(F)c1. The van der Waals surface area contributed by atoms with Gasteiger partial charge in [-0.1, -0.05) is 19.9 Å². The third kappa shape index (κ3) is 8.81. The number of piperidine rings is 1. The van der Waals surface area contributed by atoms with E-state index in [9.17, 15) is 32.3 Å². The topological polar surface area (TPSA) is 125 Å². The summed E-state index contributed by atoms with van der Waals surface area (Å²) in [5.41, 5.74) is -0.929. The monoisotopic (exact) mass is 676 g/mol. The van der Waals surface area contributed by atoms with E-state index in [1.807, 2.05) is 6.92 Å². The van der Waals surface area contributed by atoms with Crippen molar-refractivity contribution in [1.82, 2.24) is 25.3 Å². The number of hydrogen-bond acceptors (Lipinski definition) is 5. The van der Waals surface area contributed by atoms with Gasteiger partial charge >= 0.3 is 0 Å². The Kier molecular flexibility index (Phi) is 12.0. The number of halogens is 4. The fraction of sp³-hybridized carbons (Fsp3) is 0.559. The lowest BCUT2D eigenvalue weighted by Crippen LogP contribution is -2.52. The van der Waals surface area contributed by atoms with Gasteiger partial charge in [0.2, 0.25) is 17.7 Å². The van der Waals surface area contributed by atoms with Crippen molar-refractivity contribution in [1.29, 1.82) is 0 Å². The number of nitrogens with zero attached hydrogens (tertiary/aromatic N) is 3. The minimum absolute atomic E-state index is 0.000275. The molecule has 0 bridgehead atoms. The molecule has 3 atom stereocenters. The molecule has 2 aliphatic rings. The summed E-state index contributed by atoms with van der Waals surface area (Å²) in [7, 11) is 0. The largest absolute Gasteiger partial charge is 0.344 e. The summed E-state index contributed by atoms with van der Waals surface area (Å²) in [6, 6.07) is 3.40. The van der Waals surface area contributed by atoms with Crippen molar-refractivity contribution in [3.63, 3.8) is 0 Å². The highest BCUT2D eigenvalue weighted by atomic mass is 19.3. The van der Waals surface area contributed by atoms with Crippen LogP contribution >= 0.6 is 0 Å². The predicted octanol–water partition coefficient (Wildman–Crippen LogP) is 5.47. The van der Waals surface area contributed by atoms with E-state index in [4.69, 9.17) is 0 Å². The summed E-state index contributed by atoms with van der Waals surface area (Å²) in [6.07, 6.45) is 0.979. The van der Waals surface area contributed by atoms with Gasteiger partial charge in [0.1, 0.15) is 29.3 Å². The molecule has 262 valence electrons. The quantitative estimate of drug-likeness (QED) is 0.273. The third-order valence-electron chi connectivity index (χ3n) is 9.49. The number of amides is 4. The molecule has 10 nitrogen and oxygen atoms in total. The van der Waals surface area contributed by atoms with Gasteiger partial charge in [-0.05, 0) is 87.6 Å². The Labute approximate surface area is 277 Å². The predicted molar refractivity (Wildman–Crippen MR) is 171 cm³/mol. The van der Waals surface area contributed by atoms with Crippen LogP contribution in [0.4, 0.5) is 23.2 Å². The van der Waals surface area contributed by atoms with E-state index in [1.54, 1.807) is 13.8 Å². The standard InChI is InChI=1S/C34H44F4N6O4/c1-5-27(45)41-28(33(48)43-17-12-22(13-18-43)30(36)37)20(3)23-7-8-25(24(35)19-23)40-32(47)29(21-9-14-34(4,38)15-10-21)42-31(46)26-11-16-39-44(26)6-2/h7-8,11,16,19-21,28-29H,5-6,9-10,12-15,17-18H2,1-4H3,(H,40,47)(H,41,45)(H,42,46)/t20-,21?,28+,29-,34?/m0/s1. The summed E-state index contributed by atoms with van der Waals surface area (Å²) in [6.45, 7) is 7.16. The minimum Gasteiger partial charge on any atom is -0.344 e. The smallest absolute Gasteiger partial charge is 0.270 e. The van der Waals surface area contributed by atoms with Crippen LogP contribution in [-0.4, -0.2) is 69.2 Å². The summed E-state index contributed by atoms with van der Waals surface area (Å²) in [5, 5.41) is 12.1. The third-order valence-corrected chi connectivity index (χ3v) is 9.49. The van der Waals surface area contributed by atoms with E-state index < -0.39 is 65.1 Å². The lowest BCUT2D eigenvalue weighted by atomic mass is 9.77. The summed E-state index contributed by atoms with van der Waals surface area (Å²) >= 11 is 0. The highest BCUT2D eigenvalue weighted by Gasteiger charge is 2.39. The normalized spacial score (nSPS) is 21.5. The molecule has 0 radical (unpaired) electrons. The van der Waals surface area contributed by atoms with Crippen molar-refractivity contribution in [2.75, 3.05) is 18.4 Å². The number of benzene rings is 1. The number of carbonyl (C=O) groups excluding carboxylic acids is 4. The Morgan fingerprint density at radius 2 is 1.71 bits per heavy atom. The molecule has 1 saturated carbocycles. The van der Waals surface area contributed by atoms with Crippen molar-refractivity contribution in [2.24, 2.45) is 5.92 Å². The summed E-state index contributed by atoms with van der Waals surface area (Å²) < 4.78 is 57.8.